The highest BCUT2D eigenvalue weighted by Gasteiger charge is 1.87. The quantitative estimate of drug-likeness (QED) is 0.552. The lowest BCUT2D eigenvalue weighted by molar-refractivity contribution is -0.118. The van der Waals surface area contributed by atoms with Crippen LogP contribution >= 0.6 is 0 Å². The van der Waals surface area contributed by atoms with Crippen LogP contribution in [0.4, 0.5) is 0 Å². The van der Waals surface area contributed by atoms with E-state index >= 15 is 0 Å². The summed E-state index contributed by atoms with van der Waals surface area (Å²) < 4.78 is 0. The summed E-state index contributed by atoms with van der Waals surface area (Å²) in [6.45, 7) is 6.76. The van der Waals surface area contributed by atoms with E-state index in [0.29, 0.717) is 0 Å². The maximum absolute atomic E-state index is 10.3. The molecule has 0 fully saturated rings. The molecule has 0 aliphatic carbocycles. The Kier molecular flexibility index (Phi) is 3.44. The summed E-state index contributed by atoms with van der Waals surface area (Å²) >= 11 is 0. The van der Waals surface area contributed by atoms with E-state index in [9.17, 15) is 4.79 Å². The van der Waals surface area contributed by atoms with Crippen molar-refractivity contribution in [3.63, 3.8) is 0 Å². The lowest BCUT2D eigenvalue weighted by atomic mass is 10.4. The predicted octanol–water partition coefficient (Wildman–Crippen LogP) is 1.21. The van der Waals surface area contributed by atoms with Gasteiger partial charge in [-0.3, -0.25) is 4.79 Å². The number of hydrogen-bond donors (Lipinski definition) is 1. The Morgan fingerprint density at radius 1 is 1.56 bits per heavy atom. The number of hydrogen-bond acceptors (Lipinski definition) is 1. The van der Waals surface area contributed by atoms with Crippen LogP contribution in [0, 0.1) is 0 Å². The second kappa shape index (κ2) is 3.89. The molecule has 0 aliphatic rings. The first-order valence-corrected chi connectivity index (χ1v) is 2.73. The van der Waals surface area contributed by atoms with Crippen molar-refractivity contribution in [1.29, 1.82) is 0 Å². The van der Waals surface area contributed by atoms with Gasteiger partial charge in [-0.15, -0.1) is 0 Å². The number of carbonyl (C=O) groups is 1. The summed E-state index contributed by atoms with van der Waals surface area (Å²) in [7, 11) is 0. The number of carbonyl (C=O) groups excluding carboxylic acids is 1. The molecule has 0 spiro atoms. The first kappa shape index (κ1) is 7.95. The molecule has 2 heteroatoms. The van der Waals surface area contributed by atoms with Gasteiger partial charge in [0.15, 0.2) is 0 Å². The van der Waals surface area contributed by atoms with Crippen molar-refractivity contribution < 1.29 is 4.79 Å². The molecule has 2 nitrogen and oxygen atoms in total. The number of amides is 1. The normalized spacial score (nSPS) is 10.7. The fourth-order valence-corrected chi connectivity index (χ4v) is 0.496. The highest BCUT2D eigenvalue weighted by molar-refractivity contribution is 5.74. The summed E-state index contributed by atoms with van der Waals surface area (Å²) in [6, 6.07) is 0. The third-order valence-corrected chi connectivity index (χ3v) is 0.741. The van der Waals surface area contributed by atoms with Gasteiger partial charge in [0.2, 0.25) is 5.91 Å². The number of allylic oxidation sites excluding steroid dienone is 3. The van der Waals surface area contributed by atoms with E-state index in [-0.39, 0.29) is 5.91 Å². The zero-order chi connectivity index (χ0) is 7.28. The van der Waals surface area contributed by atoms with Gasteiger partial charge in [0.1, 0.15) is 0 Å². The minimum Gasteiger partial charge on any atom is -0.330 e. The first-order chi connectivity index (χ1) is 4.16. The van der Waals surface area contributed by atoms with Gasteiger partial charge in [0, 0.05) is 12.6 Å². The van der Waals surface area contributed by atoms with Crippen molar-refractivity contribution in [3.05, 3.63) is 24.4 Å². The molecule has 0 rings (SSSR count). The Labute approximate surface area is 55.3 Å². The standard InChI is InChI=1S/C7H11NO/c1-4-5-6(2)8-7(3)9/h4-5H,1H2,2-3H3,(H,8,9)/b6-5-. The Hall–Kier alpha value is -1.05. The summed E-state index contributed by atoms with van der Waals surface area (Å²) in [5.74, 6) is -0.0504. The smallest absolute Gasteiger partial charge is 0.220 e. The molecule has 50 valence electrons. The highest BCUT2D eigenvalue weighted by Crippen LogP contribution is 1.84. The third-order valence-electron chi connectivity index (χ3n) is 0.741. The molecule has 0 aromatic carbocycles. The minimum atomic E-state index is -0.0504. The van der Waals surface area contributed by atoms with Crippen molar-refractivity contribution in [1.82, 2.24) is 5.32 Å². The molecule has 0 saturated carbocycles. The van der Waals surface area contributed by atoms with Crippen LogP contribution in [-0.2, 0) is 4.79 Å². The molecule has 0 bridgehead atoms. The molecule has 0 aromatic heterocycles. The fourth-order valence-electron chi connectivity index (χ4n) is 0.496. The van der Waals surface area contributed by atoms with Gasteiger partial charge >= 0.3 is 0 Å². The molecule has 9 heavy (non-hydrogen) atoms. The van der Waals surface area contributed by atoms with E-state index in [2.05, 4.69) is 11.9 Å². The Balaban J connectivity index is 3.75. The number of rotatable bonds is 2. The first-order valence-electron chi connectivity index (χ1n) is 2.73. The van der Waals surface area contributed by atoms with Gasteiger partial charge < -0.3 is 5.32 Å². The topological polar surface area (TPSA) is 29.1 Å². The highest BCUT2D eigenvalue weighted by atomic mass is 16.1. The summed E-state index contributed by atoms with van der Waals surface area (Å²) in [4.78, 5) is 10.3. The van der Waals surface area contributed by atoms with Crippen LogP contribution in [0.5, 0.6) is 0 Å². The van der Waals surface area contributed by atoms with Gasteiger partial charge in [-0.05, 0) is 13.0 Å². The largest absolute Gasteiger partial charge is 0.330 e. The molecule has 0 atom stereocenters. The summed E-state index contributed by atoms with van der Waals surface area (Å²) in [6.07, 6.45) is 3.37. The molecule has 0 heterocycles. The maximum atomic E-state index is 10.3. The molecular formula is C7H11NO. The average Bonchev–Trinajstić information content (AvgIpc) is 1.63. The Morgan fingerprint density at radius 2 is 2.11 bits per heavy atom. The average molecular weight is 125 g/mol. The second-order valence-corrected chi connectivity index (χ2v) is 1.77. The molecule has 0 radical (unpaired) electrons. The summed E-state index contributed by atoms with van der Waals surface area (Å²) in [5.41, 5.74) is 0.817. The molecule has 0 aromatic rings. The van der Waals surface area contributed by atoms with Crippen LogP contribution in [0.15, 0.2) is 24.4 Å². The zero-order valence-corrected chi connectivity index (χ0v) is 5.77. The van der Waals surface area contributed by atoms with E-state index in [0.717, 1.165) is 5.70 Å². The van der Waals surface area contributed by atoms with Crippen LogP contribution in [-0.4, -0.2) is 5.91 Å². The van der Waals surface area contributed by atoms with Crippen LogP contribution in [0.25, 0.3) is 0 Å². The molecular weight excluding hydrogens is 114 g/mol. The van der Waals surface area contributed by atoms with Crippen molar-refractivity contribution in [3.8, 4) is 0 Å². The predicted molar refractivity (Wildman–Crippen MR) is 37.8 cm³/mol. The van der Waals surface area contributed by atoms with E-state index in [1.807, 2.05) is 6.92 Å². The Bertz CT molecular complexity index is 147. The Morgan fingerprint density at radius 3 is 2.44 bits per heavy atom. The SMILES string of the molecule is C=C/C=C(/C)NC(C)=O. The van der Waals surface area contributed by atoms with E-state index in [1.54, 1.807) is 12.2 Å². The second-order valence-electron chi connectivity index (χ2n) is 1.77. The van der Waals surface area contributed by atoms with Gasteiger partial charge in [0.05, 0.1) is 0 Å². The van der Waals surface area contributed by atoms with Crippen LogP contribution < -0.4 is 5.32 Å². The van der Waals surface area contributed by atoms with Gasteiger partial charge in [-0.1, -0.05) is 12.7 Å². The van der Waals surface area contributed by atoms with Gasteiger partial charge in [-0.2, -0.15) is 0 Å². The minimum absolute atomic E-state index is 0.0504. The van der Waals surface area contributed by atoms with Gasteiger partial charge in [0.25, 0.3) is 0 Å². The van der Waals surface area contributed by atoms with Crippen LogP contribution in [0.2, 0.25) is 0 Å². The lowest BCUT2D eigenvalue weighted by Crippen LogP contribution is -2.16. The molecule has 0 aliphatic heterocycles. The van der Waals surface area contributed by atoms with Crippen molar-refractivity contribution >= 4 is 5.91 Å². The van der Waals surface area contributed by atoms with E-state index < -0.39 is 0 Å². The maximum Gasteiger partial charge on any atom is 0.220 e. The lowest BCUT2D eigenvalue weighted by Gasteiger charge is -1.97. The zero-order valence-electron chi connectivity index (χ0n) is 5.77. The van der Waals surface area contributed by atoms with Crippen LogP contribution in [0.3, 0.4) is 0 Å². The van der Waals surface area contributed by atoms with Crippen molar-refractivity contribution in [2.75, 3.05) is 0 Å². The van der Waals surface area contributed by atoms with Crippen molar-refractivity contribution in [2.24, 2.45) is 0 Å². The van der Waals surface area contributed by atoms with E-state index in [4.69, 9.17) is 0 Å². The van der Waals surface area contributed by atoms with Gasteiger partial charge in [-0.25, -0.2) is 0 Å². The summed E-state index contributed by atoms with van der Waals surface area (Å²) in [5, 5.41) is 2.59. The van der Waals surface area contributed by atoms with Crippen LogP contribution in [0.1, 0.15) is 13.8 Å². The molecule has 0 unspecified atom stereocenters. The number of nitrogens with one attached hydrogen (secondary N) is 1. The molecule has 1 amide bonds. The van der Waals surface area contributed by atoms with Crippen molar-refractivity contribution in [2.45, 2.75) is 13.8 Å². The molecule has 1 N–H and O–H groups in total. The fraction of sp³-hybridized carbons (Fsp3) is 0.286. The molecule has 0 saturated heterocycles. The monoisotopic (exact) mass is 125 g/mol. The van der Waals surface area contributed by atoms with E-state index in [1.165, 1.54) is 6.92 Å². The third kappa shape index (κ3) is 4.81.